The SMILES string of the molecule is CC1(C)C[C@@H]2Oc3cc(C(F)(F)F)ccc3[C@@H]2N(C(=O)OC(C)(C)C)C1. The highest BCUT2D eigenvalue weighted by Crippen LogP contribution is 2.50. The minimum Gasteiger partial charge on any atom is -0.487 e. The average Bonchev–Trinajstić information content (AvgIpc) is 2.78. The van der Waals surface area contributed by atoms with Crippen LogP contribution in [0.1, 0.15) is 58.2 Å². The van der Waals surface area contributed by atoms with Crippen molar-refractivity contribution in [3.05, 3.63) is 29.3 Å². The molecule has 7 heteroatoms. The summed E-state index contributed by atoms with van der Waals surface area (Å²) in [7, 11) is 0. The van der Waals surface area contributed by atoms with Crippen LogP contribution in [0.4, 0.5) is 18.0 Å². The first-order valence-electron chi connectivity index (χ1n) is 8.64. The molecule has 1 aromatic rings. The Balaban J connectivity index is 1.97. The minimum absolute atomic E-state index is 0.195. The monoisotopic (exact) mass is 371 g/mol. The van der Waals surface area contributed by atoms with Crippen molar-refractivity contribution in [2.75, 3.05) is 6.54 Å². The third-order valence-corrected chi connectivity index (χ3v) is 4.61. The highest BCUT2D eigenvalue weighted by atomic mass is 19.4. The van der Waals surface area contributed by atoms with Crippen LogP contribution in [0.2, 0.25) is 0 Å². The maximum Gasteiger partial charge on any atom is 0.416 e. The summed E-state index contributed by atoms with van der Waals surface area (Å²) in [6.45, 7) is 9.82. The summed E-state index contributed by atoms with van der Waals surface area (Å²) in [5.74, 6) is 0.195. The van der Waals surface area contributed by atoms with Gasteiger partial charge in [0, 0.05) is 12.1 Å². The molecule has 2 heterocycles. The predicted molar refractivity (Wildman–Crippen MR) is 89.9 cm³/mol. The van der Waals surface area contributed by atoms with E-state index in [4.69, 9.17) is 9.47 Å². The quantitative estimate of drug-likeness (QED) is 0.631. The molecule has 0 N–H and O–H groups in total. The van der Waals surface area contributed by atoms with Crippen LogP contribution in [-0.4, -0.2) is 29.2 Å². The molecule has 0 unspecified atom stereocenters. The van der Waals surface area contributed by atoms with Gasteiger partial charge in [-0.2, -0.15) is 13.2 Å². The van der Waals surface area contributed by atoms with Crippen molar-refractivity contribution in [2.45, 2.75) is 65.0 Å². The lowest BCUT2D eigenvalue weighted by atomic mass is 9.79. The van der Waals surface area contributed by atoms with Crippen LogP contribution in [0.5, 0.6) is 5.75 Å². The second-order valence-electron chi connectivity index (χ2n) is 8.83. The Morgan fingerprint density at radius 3 is 2.50 bits per heavy atom. The fourth-order valence-corrected chi connectivity index (χ4v) is 3.67. The van der Waals surface area contributed by atoms with Gasteiger partial charge in [-0.3, -0.25) is 4.90 Å². The van der Waals surface area contributed by atoms with E-state index in [0.29, 0.717) is 18.5 Å². The van der Waals surface area contributed by atoms with Crippen LogP contribution >= 0.6 is 0 Å². The Kier molecular flexibility index (Phi) is 4.20. The van der Waals surface area contributed by atoms with Crippen molar-refractivity contribution in [2.24, 2.45) is 5.41 Å². The van der Waals surface area contributed by atoms with Crippen molar-refractivity contribution in [3.8, 4) is 5.75 Å². The standard InChI is InChI=1S/C19H24F3NO3/c1-17(2,3)26-16(24)23-10-18(4,5)9-14-15(23)12-7-6-11(19(20,21)22)8-13(12)25-14/h6-8,14-15H,9-10H2,1-5H3/t14-,15-/m0/s1. The molecule has 0 aromatic heterocycles. The molecule has 2 atom stereocenters. The molecule has 144 valence electrons. The first kappa shape index (κ1) is 18.9. The summed E-state index contributed by atoms with van der Waals surface area (Å²) in [5.41, 5.74) is -1.04. The first-order valence-corrected chi connectivity index (χ1v) is 8.64. The van der Waals surface area contributed by atoms with E-state index in [1.165, 1.54) is 6.07 Å². The predicted octanol–water partition coefficient (Wildman–Crippen LogP) is 5.17. The van der Waals surface area contributed by atoms with Gasteiger partial charge in [0.15, 0.2) is 0 Å². The molecular weight excluding hydrogens is 347 g/mol. The summed E-state index contributed by atoms with van der Waals surface area (Å²) >= 11 is 0. The molecule has 1 aromatic carbocycles. The second-order valence-corrected chi connectivity index (χ2v) is 8.83. The molecular formula is C19H24F3NO3. The highest BCUT2D eigenvalue weighted by molar-refractivity contribution is 5.70. The Bertz CT molecular complexity index is 722. The number of halogens is 3. The molecule has 0 aliphatic carbocycles. The van der Waals surface area contributed by atoms with E-state index >= 15 is 0 Å². The van der Waals surface area contributed by atoms with E-state index in [1.807, 2.05) is 13.8 Å². The number of benzene rings is 1. The molecule has 26 heavy (non-hydrogen) atoms. The first-order chi connectivity index (χ1) is 11.8. The molecule has 4 nitrogen and oxygen atoms in total. The van der Waals surface area contributed by atoms with E-state index < -0.39 is 29.5 Å². The average molecular weight is 371 g/mol. The van der Waals surface area contributed by atoms with Gasteiger partial charge in [0.2, 0.25) is 0 Å². The Morgan fingerprint density at radius 2 is 1.92 bits per heavy atom. The van der Waals surface area contributed by atoms with E-state index in [0.717, 1.165) is 12.1 Å². The molecule has 0 bridgehead atoms. The number of hydrogen-bond donors (Lipinski definition) is 0. The van der Waals surface area contributed by atoms with Gasteiger partial charge in [0.1, 0.15) is 23.5 Å². The number of likely N-dealkylation sites (tertiary alicyclic amines) is 1. The highest BCUT2D eigenvalue weighted by Gasteiger charge is 2.50. The van der Waals surface area contributed by atoms with Crippen LogP contribution in [0.25, 0.3) is 0 Å². The van der Waals surface area contributed by atoms with Crippen LogP contribution in [0.15, 0.2) is 18.2 Å². The van der Waals surface area contributed by atoms with E-state index in [9.17, 15) is 18.0 Å². The lowest BCUT2D eigenvalue weighted by Crippen LogP contribution is -2.52. The molecule has 2 aliphatic rings. The van der Waals surface area contributed by atoms with Crippen molar-refractivity contribution >= 4 is 6.09 Å². The third-order valence-electron chi connectivity index (χ3n) is 4.61. The molecule has 1 saturated heterocycles. The molecule has 2 aliphatic heterocycles. The van der Waals surface area contributed by atoms with Gasteiger partial charge in [-0.1, -0.05) is 19.9 Å². The van der Waals surface area contributed by atoms with Gasteiger partial charge < -0.3 is 9.47 Å². The fraction of sp³-hybridized carbons (Fsp3) is 0.632. The van der Waals surface area contributed by atoms with Crippen LogP contribution in [0.3, 0.4) is 0 Å². The summed E-state index contributed by atoms with van der Waals surface area (Å²) in [6, 6.07) is 3.04. The topological polar surface area (TPSA) is 38.8 Å². The lowest BCUT2D eigenvalue weighted by Gasteiger charge is -2.44. The van der Waals surface area contributed by atoms with Gasteiger partial charge in [0.25, 0.3) is 0 Å². The number of ether oxygens (including phenoxy) is 2. The molecule has 3 rings (SSSR count). The summed E-state index contributed by atoms with van der Waals surface area (Å²) in [4.78, 5) is 14.3. The van der Waals surface area contributed by atoms with Gasteiger partial charge in [-0.15, -0.1) is 0 Å². The molecule has 0 spiro atoms. The maximum absolute atomic E-state index is 13.0. The maximum atomic E-state index is 13.0. The fourth-order valence-electron chi connectivity index (χ4n) is 3.67. The van der Waals surface area contributed by atoms with Crippen molar-refractivity contribution < 1.29 is 27.4 Å². The Labute approximate surface area is 151 Å². The van der Waals surface area contributed by atoms with E-state index in [1.54, 1.807) is 25.7 Å². The number of fused-ring (bicyclic) bond motifs is 3. The number of carbonyl (C=O) groups is 1. The minimum atomic E-state index is -4.43. The molecule has 1 fully saturated rings. The third kappa shape index (κ3) is 3.62. The summed E-state index contributed by atoms with van der Waals surface area (Å²) < 4.78 is 50.4. The van der Waals surface area contributed by atoms with Crippen LogP contribution < -0.4 is 4.74 Å². The zero-order valence-electron chi connectivity index (χ0n) is 15.6. The Hall–Kier alpha value is -1.92. The number of rotatable bonds is 0. The number of alkyl halides is 3. The molecule has 1 amide bonds. The van der Waals surface area contributed by atoms with Crippen molar-refractivity contribution in [1.29, 1.82) is 0 Å². The van der Waals surface area contributed by atoms with Crippen molar-refractivity contribution in [1.82, 2.24) is 4.90 Å². The van der Waals surface area contributed by atoms with Crippen LogP contribution in [-0.2, 0) is 10.9 Å². The number of piperidine rings is 1. The lowest BCUT2D eigenvalue weighted by molar-refractivity contribution is -0.137. The molecule has 0 saturated carbocycles. The summed E-state index contributed by atoms with van der Waals surface area (Å²) in [6.07, 6.45) is -4.65. The van der Waals surface area contributed by atoms with Gasteiger partial charge in [-0.05, 0) is 44.7 Å². The van der Waals surface area contributed by atoms with Gasteiger partial charge in [-0.25, -0.2) is 4.79 Å². The van der Waals surface area contributed by atoms with Crippen LogP contribution in [0, 0.1) is 5.41 Å². The zero-order valence-corrected chi connectivity index (χ0v) is 15.6. The van der Waals surface area contributed by atoms with Crippen molar-refractivity contribution in [3.63, 3.8) is 0 Å². The van der Waals surface area contributed by atoms with E-state index in [2.05, 4.69) is 0 Å². The Morgan fingerprint density at radius 1 is 1.27 bits per heavy atom. The number of hydrogen-bond acceptors (Lipinski definition) is 3. The normalized spacial score (nSPS) is 24.5. The second kappa shape index (κ2) is 5.79. The summed E-state index contributed by atoms with van der Waals surface area (Å²) in [5, 5.41) is 0. The van der Waals surface area contributed by atoms with Gasteiger partial charge in [0.05, 0.1) is 5.56 Å². The number of amides is 1. The largest absolute Gasteiger partial charge is 0.487 e. The van der Waals surface area contributed by atoms with E-state index in [-0.39, 0.29) is 17.3 Å². The zero-order chi connectivity index (χ0) is 19.5. The smallest absolute Gasteiger partial charge is 0.416 e. The molecule has 0 radical (unpaired) electrons. The van der Waals surface area contributed by atoms with Gasteiger partial charge >= 0.3 is 12.3 Å². The number of carbonyl (C=O) groups excluding carboxylic acids is 1. The number of nitrogens with zero attached hydrogens (tertiary/aromatic N) is 1.